The average molecular weight is 561 g/mol. The van der Waals surface area contributed by atoms with Gasteiger partial charge in [-0.15, -0.1) is 0 Å². The molecule has 2 fully saturated rings. The molecule has 0 spiro atoms. The van der Waals surface area contributed by atoms with Crippen molar-refractivity contribution in [3.05, 3.63) is 70.5 Å². The molecule has 4 N–H and O–H groups in total. The van der Waals surface area contributed by atoms with Crippen molar-refractivity contribution in [2.45, 2.75) is 83.2 Å². The summed E-state index contributed by atoms with van der Waals surface area (Å²) in [4.78, 5) is 23.6. The van der Waals surface area contributed by atoms with Crippen LogP contribution in [0.2, 0.25) is 0 Å². The summed E-state index contributed by atoms with van der Waals surface area (Å²) >= 11 is 0. The van der Waals surface area contributed by atoms with Crippen LogP contribution in [0.3, 0.4) is 0 Å². The number of nitrogens with two attached hydrogens (primary N) is 1. The number of amides is 1. The number of fused-ring (bicyclic) bond motifs is 5. The van der Waals surface area contributed by atoms with Crippen molar-refractivity contribution in [3.63, 3.8) is 0 Å². The monoisotopic (exact) mass is 560 g/mol. The number of H-pyrrole nitrogens is 1. The van der Waals surface area contributed by atoms with Gasteiger partial charge in [0.05, 0.1) is 23.1 Å². The van der Waals surface area contributed by atoms with E-state index in [1.165, 1.54) is 46.2 Å². The fourth-order valence-electron chi connectivity index (χ4n) is 8.35. The smallest absolute Gasteiger partial charge is 0.240 e. The molecule has 2 heterocycles. The van der Waals surface area contributed by atoms with Crippen molar-refractivity contribution in [1.82, 2.24) is 14.9 Å². The van der Waals surface area contributed by atoms with Gasteiger partial charge in [0.15, 0.2) is 0 Å². The number of hydrogen-bond donors (Lipinski definition) is 3. The normalized spacial score (nSPS) is 23.2. The van der Waals surface area contributed by atoms with Gasteiger partial charge in [0.2, 0.25) is 5.91 Å². The molecule has 4 atom stereocenters. The summed E-state index contributed by atoms with van der Waals surface area (Å²) in [6, 6.07) is 14.8. The minimum atomic E-state index is -0.482. The largest absolute Gasteiger partial charge is 0.508 e. The van der Waals surface area contributed by atoms with Crippen LogP contribution in [0.5, 0.6) is 5.75 Å². The first kappa shape index (κ1) is 26.0. The van der Waals surface area contributed by atoms with Gasteiger partial charge in [-0.2, -0.15) is 0 Å². The Morgan fingerprint density at radius 2 is 1.79 bits per heavy atom. The molecular formula is C36H40N4O2. The molecular weight excluding hydrogens is 520 g/mol. The number of nitrogens with zero attached hydrogens (tertiary/aromatic N) is 2. The minimum Gasteiger partial charge on any atom is -0.508 e. The Bertz CT molecular complexity index is 1740. The number of likely N-dealkylation sites (tertiary alicyclic amines) is 1. The summed E-state index contributed by atoms with van der Waals surface area (Å²) in [5, 5.41) is 10.5. The molecule has 3 unspecified atom stereocenters. The SMILES string of the molecule is CC(C)C(N)C(=O)N1CCC[C@H]1c1nc2ccc(-c3ccc(-c4ccc(O)c5c4CCC5)c4c3CC3CCC43)cc2[nH]1. The summed E-state index contributed by atoms with van der Waals surface area (Å²) in [7, 11) is 0. The van der Waals surface area contributed by atoms with E-state index in [1.807, 2.05) is 24.8 Å². The van der Waals surface area contributed by atoms with E-state index in [1.54, 1.807) is 5.56 Å². The maximum absolute atomic E-state index is 13.1. The number of rotatable bonds is 5. The zero-order valence-corrected chi connectivity index (χ0v) is 24.6. The first-order valence-electron chi connectivity index (χ1n) is 15.9. The molecule has 0 bridgehead atoms. The summed E-state index contributed by atoms with van der Waals surface area (Å²) in [5.74, 6) is 2.85. The van der Waals surface area contributed by atoms with Crippen molar-refractivity contribution in [1.29, 1.82) is 0 Å². The van der Waals surface area contributed by atoms with Gasteiger partial charge >= 0.3 is 0 Å². The van der Waals surface area contributed by atoms with Gasteiger partial charge in [-0.25, -0.2) is 4.98 Å². The van der Waals surface area contributed by atoms with Crippen LogP contribution in [-0.2, 0) is 24.1 Å². The van der Waals surface area contributed by atoms with E-state index in [2.05, 4.69) is 41.4 Å². The number of hydrogen-bond acceptors (Lipinski definition) is 4. The first-order chi connectivity index (χ1) is 20.4. The lowest BCUT2D eigenvalue weighted by atomic mass is 9.72. The van der Waals surface area contributed by atoms with Crippen LogP contribution >= 0.6 is 0 Å². The van der Waals surface area contributed by atoms with Gasteiger partial charge in [0.1, 0.15) is 11.6 Å². The Kier molecular flexibility index (Phi) is 6.01. The molecule has 1 saturated heterocycles. The number of phenols is 1. The molecule has 216 valence electrons. The predicted octanol–water partition coefficient (Wildman–Crippen LogP) is 6.79. The van der Waals surface area contributed by atoms with Crippen molar-refractivity contribution in [2.24, 2.45) is 17.6 Å². The highest BCUT2D eigenvalue weighted by Gasteiger charge is 2.42. The predicted molar refractivity (Wildman–Crippen MR) is 166 cm³/mol. The fourth-order valence-corrected chi connectivity index (χ4v) is 8.35. The second kappa shape index (κ2) is 9.70. The molecule has 1 amide bonds. The second-order valence-electron chi connectivity index (χ2n) is 13.5. The summed E-state index contributed by atoms with van der Waals surface area (Å²) in [5.41, 5.74) is 19.0. The lowest BCUT2D eigenvalue weighted by molar-refractivity contribution is -0.134. The lowest BCUT2D eigenvalue weighted by Gasteiger charge is -2.32. The second-order valence-corrected chi connectivity index (χ2v) is 13.5. The highest BCUT2D eigenvalue weighted by atomic mass is 16.3. The Morgan fingerprint density at radius 3 is 2.60 bits per heavy atom. The topological polar surface area (TPSA) is 95.2 Å². The van der Waals surface area contributed by atoms with E-state index in [0.717, 1.165) is 73.4 Å². The van der Waals surface area contributed by atoms with Gasteiger partial charge in [0.25, 0.3) is 0 Å². The molecule has 8 rings (SSSR count). The van der Waals surface area contributed by atoms with E-state index in [0.29, 0.717) is 11.7 Å². The van der Waals surface area contributed by atoms with E-state index in [9.17, 15) is 9.90 Å². The minimum absolute atomic E-state index is 0.0261. The van der Waals surface area contributed by atoms with Crippen LogP contribution < -0.4 is 5.73 Å². The van der Waals surface area contributed by atoms with Crippen LogP contribution in [0.15, 0.2) is 42.5 Å². The van der Waals surface area contributed by atoms with Crippen LogP contribution in [0.25, 0.3) is 33.3 Å². The van der Waals surface area contributed by atoms with Crippen LogP contribution in [0.1, 0.15) is 86.0 Å². The van der Waals surface area contributed by atoms with E-state index >= 15 is 0 Å². The lowest BCUT2D eigenvalue weighted by Crippen LogP contribution is -2.46. The summed E-state index contributed by atoms with van der Waals surface area (Å²) in [6.07, 6.45) is 8.75. The van der Waals surface area contributed by atoms with Crippen LogP contribution in [0.4, 0.5) is 0 Å². The molecule has 1 aromatic heterocycles. The quantitative estimate of drug-likeness (QED) is 0.251. The van der Waals surface area contributed by atoms with Crippen LogP contribution in [-0.4, -0.2) is 38.5 Å². The van der Waals surface area contributed by atoms with Gasteiger partial charge in [-0.3, -0.25) is 4.79 Å². The number of aromatic amines is 1. The molecule has 1 saturated carbocycles. The number of carbonyl (C=O) groups is 1. The third-order valence-electron chi connectivity index (χ3n) is 10.8. The van der Waals surface area contributed by atoms with Gasteiger partial charge in [-0.05, 0) is 132 Å². The summed E-state index contributed by atoms with van der Waals surface area (Å²) in [6.45, 7) is 4.74. The molecule has 4 aromatic rings. The van der Waals surface area contributed by atoms with Crippen molar-refractivity contribution < 1.29 is 9.90 Å². The molecule has 6 nitrogen and oxygen atoms in total. The molecule has 42 heavy (non-hydrogen) atoms. The fraction of sp³-hybridized carbons (Fsp3) is 0.444. The van der Waals surface area contributed by atoms with Gasteiger partial charge in [-0.1, -0.05) is 38.1 Å². The molecule has 4 aliphatic rings. The molecule has 0 radical (unpaired) electrons. The number of aromatic hydroxyl groups is 1. The number of aromatic nitrogens is 2. The molecule has 3 aromatic carbocycles. The third kappa shape index (κ3) is 3.87. The third-order valence-corrected chi connectivity index (χ3v) is 10.8. The van der Waals surface area contributed by atoms with Crippen molar-refractivity contribution >= 4 is 16.9 Å². The zero-order valence-electron chi connectivity index (χ0n) is 24.6. The molecule has 1 aliphatic heterocycles. The van der Waals surface area contributed by atoms with Crippen LogP contribution in [0, 0.1) is 11.8 Å². The highest BCUT2D eigenvalue weighted by Crippen LogP contribution is 2.57. The van der Waals surface area contributed by atoms with E-state index in [4.69, 9.17) is 10.7 Å². The number of imidazole rings is 1. The van der Waals surface area contributed by atoms with Gasteiger partial charge < -0.3 is 20.7 Å². The van der Waals surface area contributed by atoms with Gasteiger partial charge in [0, 0.05) is 6.54 Å². The van der Waals surface area contributed by atoms with E-state index < -0.39 is 6.04 Å². The van der Waals surface area contributed by atoms with E-state index in [-0.39, 0.29) is 17.9 Å². The maximum Gasteiger partial charge on any atom is 0.240 e. The Labute approximate surface area is 247 Å². The number of phenolic OH excluding ortho intramolecular Hbond substituents is 1. The Hall–Kier alpha value is -3.64. The highest BCUT2D eigenvalue weighted by molar-refractivity contribution is 5.87. The first-order valence-corrected chi connectivity index (χ1v) is 15.9. The Morgan fingerprint density at radius 1 is 0.976 bits per heavy atom. The number of benzene rings is 3. The Balaban J connectivity index is 1.17. The number of nitrogens with one attached hydrogen (secondary N) is 1. The summed E-state index contributed by atoms with van der Waals surface area (Å²) < 4.78 is 0. The molecule has 3 aliphatic carbocycles. The molecule has 6 heteroatoms. The average Bonchev–Trinajstić information content (AvgIpc) is 3.77. The maximum atomic E-state index is 13.1. The standard InChI is InChI=1S/C36H40N4O2/c1-19(2)34(37)36(42)40-16-4-7-31(40)35-38-29-14-9-21(18-30(29)39-35)22-11-12-27(33-23-10-8-20(23)17-28(22)33)25-13-15-32(41)26-6-3-5-24(25)26/h9,11-15,18-20,23,31,34,41H,3-8,10,16-17,37H2,1-2H3,(H,38,39)/t20?,23?,31-,34?/m0/s1. The zero-order chi connectivity index (χ0) is 28.7. The number of carbonyl (C=O) groups excluding carboxylic acids is 1. The van der Waals surface area contributed by atoms with Crippen molar-refractivity contribution in [3.8, 4) is 28.0 Å². The van der Waals surface area contributed by atoms with Crippen molar-refractivity contribution in [2.75, 3.05) is 6.54 Å².